The number of anilines is 3. The van der Waals surface area contributed by atoms with Crippen LogP contribution in [0.25, 0.3) is 10.9 Å². The number of aromatic nitrogens is 2. The summed E-state index contributed by atoms with van der Waals surface area (Å²) in [5.74, 6) is -1.56. The van der Waals surface area contributed by atoms with Crippen LogP contribution in [0.4, 0.5) is 35.0 Å². The number of amides is 3. The first-order valence-electron chi connectivity index (χ1n) is 11.3. The fourth-order valence-electron chi connectivity index (χ4n) is 3.59. The second-order valence-corrected chi connectivity index (χ2v) is 8.22. The fourth-order valence-corrected chi connectivity index (χ4v) is 3.59. The minimum atomic E-state index is -4.96. The van der Waals surface area contributed by atoms with Crippen molar-refractivity contribution in [1.82, 2.24) is 9.55 Å². The molecule has 3 aromatic carbocycles. The molecular formula is C26H20F3N5O5. The lowest BCUT2D eigenvalue weighted by molar-refractivity contribution is -0.274. The second-order valence-electron chi connectivity index (χ2n) is 8.22. The lowest BCUT2D eigenvalue weighted by Crippen LogP contribution is -2.28. The average molecular weight is 539 g/mol. The van der Waals surface area contributed by atoms with Crippen molar-refractivity contribution in [2.75, 3.05) is 16.0 Å². The fraction of sp³-hybridized carbons (Fsp3) is 0.115. The van der Waals surface area contributed by atoms with Crippen LogP contribution < -0.4 is 26.2 Å². The number of carbonyl (C=O) groups is 3. The van der Waals surface area contributed by atoms with Crippen molar-refractivity contribution < 1.29 is 32.3 Å². The van der Waals surface area contributed by atoms with Crippen molar-refractivity contribution in [2.24, 2.45) is 0 Å². The average Bonchev–Trinajstić information content (AvgIpc) is 2.86. The number of rotatable bonds is 7. The number of para-hydroxylation sites is 2. The third kappa shape index (κ3) is 6.97. The van der Waals surface area contributed by atoms with Gasteiger partial charge in [0.05, 0.1) is 22.9 Å². The van der Waals surface area contributed by atoms with Gasteiger partial charge in [-0.1, -0.05) is 24.3 Å². The van der Waals surface area contributed by atoms with E-state index in [1.165, 1.54) is 49.4 Å². The second kappa shape index (κ2) is 11.0. The maximum atomic E-state index is 13.0. The van der Waals surface area contributed by atoms with E-state index in [9.17, 15) is 32.3 Å². The minimum Gasteiger partial charge on any atom is -0.404 e. The number of urea groups is 1. The predicted octanol–water partition coefficient (Wildman–Crippen LogP) is 4.78. The maximum absolute atomic E-state index is 13.0. The van der Waals surface area contributed by atoms with E-state index in [1.807, 2.05) is 0 Å². The molecule has 0 unspecified atom stereocenters. The summed E-state index contributed by atoms with van der Waals surface area (Å²) in [7, 11) is 0. The molecule has 0 fully saturated rings. The smallest absolute Gasteiger partial charge is 0.404 e. The van der Waals surface area contributed by atoms with Crippen molar-refractivity contribution in [1.29, 1.82) is 0 Å². The predicted molar refractivity (Wildman–Crippen MR) is 137 cm³/mol. The third-order valence-corrected chi connectivity index (χ3v) is 5.31. The van der Waals surface area contributed by atoms with Crippen LogP contribution in [-0.4, -0.2) is 33.6 Å². The molecule has 3 N–H and O–H groups in total. The van der Waals surface area contributed by atoms with Crippen molar-refractivity contribution >= 4 is 45.7 Å². The van der Waals surface area contributed by atoms with E-state index in [0.29, 0.717) is 16.8 Å². The molecule has 4 aromatic rings. The zero-order valence-corrected chi connectivity index (χ0v) is 20.2. The van der Waals surface area contributed by atoms with Crippen LogP contribution in [0.5, 0.6) is 5.75 Å². The summed E-state index contributed by atoms with van der Waals surface area (Å²) >= 11 is 0. The van der Waals surface area contributed by atoms with Gasteiger partial charge in [0.2, 0.25) is 5.91 Å². The van der Waals surface area contributed by atoms with E-state index in [4.69, 9.17) is 0 Å². The van der Waals surface area contributed by atoms with Crippen LogP contribution in [0.2, 0.25) is 0 Å². The van der Waals surface area contributed by atoms with Crippen LogP contribution in [-0.2, 0) is 11.3 Å². The number of hydrogen-bond donors (Lipinski definition) is 3. The van der Waals surface area contributed by atoms with Crippen molar-refractivity contribution in [3.8, 4) is 5.75 Å². The molecule has 0 atom stereocenters. The molecule has 39 heavy (non-hydrogen) atoms. The summed E-state index contributed by atoms with van der Waals surface area (Å²) in [6.07, 6.45) is -3.83. The molecule has 0 bridgehead atoms. The number of nitrogens with one attached hydrogen (secondary N) is 3. The molecule has 0 saturated carbocycles. The highest BCUT2D eigenvalue weighted by Gasteiger charge is 2.32. The van der Waals surface area contributed by atoms with E-state index in [2.05, 4.69) is 25.7 Å². The molecule has 1 aromatic heterocycles. The summed E-state index contributed by atoms with van der Waals surface area (Å²) < 4.78 is 42.8. The first-order valence-corrected chi connectivity index (χ1v) is 11.3. The SMILES string of the molecule is CC(=O)c1cccc(NC(=O)Nc2ccc3ncn(CC(=O)Nc4ccccc4OC(F)(F)F)c(=O)c3c2)c1. The number of hydrogen-bond acceptors (Lipinski definition) is 6. The first kappa shape index (κ1) is 26.9. The number of nitrogens with zero attached hydrogens (tertiary/aromatic N) is 2. The number of fused-ring (bicyclic) bond motifs is 1. The molecule has 13 heteroatoms. The highest BCUT2D eigenvalue weighted by Crippen LogP contribution is 2.29. The number of alkyl halides is 3. The number of ketones is 1. The Balaban J connectivity index is 1.48. The van der Waals surface area contributed by atoms with Gasteiger partial charge in [-0.05, 0) is 49.4 Å². The normalized spacial score (nSPS) is 11.1. The topological polar surface area (TPSA) is 131 Å². The zero-order chi connectivity index (χ0) is 28.2. The molecule has 0 aliphatic rings. The molecule has 4 rings (SSSR count). The van der Waals surface area contributed by atoms with Gasteiger partial charge in [-0.2, -0.15) is 0 Å². The molecule has 0 aliphatic carbocycles. The van der Waals surface area contributed by atoms with E-state index in [-0.39, 0.29) is 22.5 Å². The van der Waals surface area contributed by atoms with Gasteiger partial charge in [-0.3, -0.25) is 19.0 Å². The Morgan fingerprint density at radius 2 is 1.64 bits per heavy atom. The Labute approximate surface area is 218 Å². The highest BCUT2D eigenvalue weighted by molar-refractivity contribution is 6.02. The van der Waals surface area contributed by atoms with Crippen LogP contribution in [0.15, 0.2) is 77.9 Å². The molecule has 0 spiro atoms. The summed E-state index contributed by atoms with van der Waals surface area (Å²) in [6.45, 7) is 0.854. The first-order chi connectivity index (χ1) is 18.5. The van der Waals surface area contributed by atoms with Gasteiger partial charge in [-0.15, -0.1) is 13.2 Å². The summed E-state index contributed by atoms with van der Waals surface area (Å²) in [5.41, 5.74) is 0.507. The molecule has 0 saturated heterocycles. The van der Waals surface area contributed by atoms with Crippen LogP contribution in [0.3, 0.4) is 0 Å². The monoisotopic (exact) mass is 539 g/mol. The molecule has 10 nitrogen and oxygen atoms in total. The minimum absolute atomic E-state index is 0.0856. The lowest BCUT2D eigenvalue weighted by atomic mass is 10.1. The van der Waals surface area contributed by atoms with Gasteiger partial charge in [0.25, 0.3) is 5.56 Å². The largest absolute Gasteiger partial charge is 0.573 e. The van der Waals surface area contributed by atoms with E-state index < -0.39 is 36.2 Å². The third-order valence-electron chi connectivity index (χ3n) is 5.31. The van der Waals surface area contributed by atoms with Gasteiger partial charge in [-0.25, -0.2) is 9.78 Å². The number of carbonyl (C=O) groups excluding carboxylic acids is 3. The van der Waals surface area contributed by atoms with Gasteiger partial charge in [0.15, 0.2) is 11.5 Å². The van der Waals surface area contributed by atoms with Gasteiger partial charge in [0, 0.05) is 16.9 Å². The Hall–Kier alpha value is -5.20. The molecular weight excluding hydrogens is 519 g/mol. The van der Waals surface area contributed by atoms with E-state index in [0.717, 1.165) is 17.0 Å². The van der Waals surface area contributed by atoms with Crippen molar-refractivity contribution in [3.63, 3.8) is 0 Å². The highest BCUT2D eigenvalue weighted by atomic mass is 19.4. The van der Waals surface area contributed by atoms with Crippen molar-refractivity contribution in [3.05, 3.63) is 89.0 Å². The Bertz CT molecular complexity index is 1630. The number of benzene rings is 3. The molecule has 0 radical (unpaired) electrons. The summed E-state index contributed by atoms with van der Waals surface area (Å²) in [6, 6.07) is 15.1. The molecule has 200 valence electrons. The van der Waals surface area contributed by atoms with E-state index in [1.54, 1.807) is 18.2 Å². The Morgan fingerprint density at radius 3 is 2.36 bits per heavy atom. The van der Waals surface area contributed by atoms with E-state index >= 15 is 0 Å². The Kier molecular flexibility index (Phi) is 7.60. The van der Waals surface area contributed by atoms with Gasteiger partial charge >= 0.3 is 12.4 Å². The van der Waals surface area contributed by atoms with Crippen LogP contribution in [0, 0.1) is 0 Å². The quantitative estimate of drug-likeness (QED) is 0.290. The zero-order valence-electron chi connectivity index (χ0n) is 20.2. The summed E-state index contributed by atoms with van der Waals surface area (Å²) in [5, 5.41) is 7.55. The Morgan fingerprint density at radius 1 is 0.923 bits per heavy atom. The molecule has 1 heterocycles. The summed E-state index contributed by atoms with van der Waals surface area (Å²) in [4.78, 5) is 53.6. The van der Waals surface area contributed by atoms with Crippen LogP contribution >= 0.6 is 0 Å². The van der Waals surface area contributed by atoms with Gasteiger partial charge < -0.3 is 20.7 Å². The number of Topliss-reactive ketones (excluding diaryl/α,β-unsaturated/α-hetero) is 1. The van der Waals surface area contributed by atoms with Crippen molar-refractivity contribution in [2.45, 2.75) is 19.8 Å². The van der Waals surface area contributed by atoms with Crippen LogP contribution in [0.1, 0.15) is 17.3 Å². The van der Waals surface area contributed by atoms with Gasteiger partial charge in [0.1, 0.15) is 6.54 Å². The molecule has 3 amide bonds. The molecule has 0 aliphatic heterocycles. The maximum Gasteiger partial charge on any atom is 0.573 e. The standard InChI is InChI=1S/C26H20F3N5O5/c1-15(35)16-5-4-6-17(11-16)31-25(38)32-18-9-10-20-19(12-18)24(37)34(14-30-20)13-23(36)33-21-7-2-3-8-22(21)39-26(27,28)29/h2-12,14H,13H2,1H3,(H,33,36)(H2,31,32,38). The number of ether oxygens (including phenoxy) is 1. The number of halogens is 3. The lowest BCUT2D eigenvalue weighted by Gasteiger charge is -2.14.